The van der Waals surface area contributed by atoms with E-state index in [4.69, 9.17) is 0 Å². The summed E-state index contributed by atoms with van der Waals surface area (Å²) in [4.78, 5) is 25.2. The molecule has 5 heteroatoms. The Morgan fingerprint density at radius 1 is 0.857 bits per heavy atom. The van der Waals surface area contributed by atoms with Crippen LogP contribution in [0.5, 0.6) is 0 Å². The second-order valence-corrected chi connectivity index (χ2v) is 6.36. The number of nitrogens with zero attached hydrogens (tertiary/aromatic N) is 1. The molecule has 0 aliphatic carbocycles. The van der Waals surface area contributed by atoms with Crippen LogP contribution in [0.3, 0.4) is 0 Å². The van der Waals surface area contributed by atoms with E-state index in [9.17, 15) is 9.59 Å². The van der Waals surface area contributed by atoms with Gasteiger partial charge in [0.05, 0.1) is 13.5 Å². The summed E-state index contributed by atoms with van der Waals surface area (Å²) in [6, 6.07) is 25.1. The molecule has 142 valence electrons. The fourth-order valence-electron chi connectivity index (χ4n) is 2.85. The van der Waals surface area contributed by atoms with Crippen molar-refractivity contribution in [3.8, 4) is 11.1 Å². The van der Waals surface area contributed by atoms with E-state index in [1.54, 1.807) is 31.3 Å². The Bertz CT molecular complexity index is 936. The molecular weight excluding hydrogens is 352 g/mol. The number of hydrogen-bond acceptors (Lipinski definition) is 3. The third-order valence-electron chi connectivity index (χ3n) is 4.41. The van der Waals surface area contributed by atoms with Crippen LogP contribution in [0.25, 0.3) is 11.1 Å². The quantitative estimate of drug-likeness (QED) is 0.702. The van der Waals surface area contributed by atoms with Crippen LogP contribution in [0, 0.1) is 0 Å². The molecule has 0 saturated heterocycles. The third-order valence-corrected chi connectivity index (χ3v) is 4.41. The van der Waals surface area contributed by atoms with E-state index < -0.39 is 6.09 Å². The third kappa shape index (κ3) is 4.76. The van der Waals surface area contributed by atoms with Gasteiger partial charge in [0.15, 0.2) is 0 Å². The Labute approximate surface area is 164 Å². The lowest BCUT2D eigenvalue weighted by Crippen LogP contribution is -2.25. The van der Waals surface area contributed by atoms with Crippen LogP contribution in [0.1, 0.15) is 5.56 Å². The molecule has 5 nitrogen and oxygen atoms in total. The van der Waals surface area contributed by atoms with Crippen molar-refractivity contribution in [1.82, 2.24) is 0 Å². The molecule has 3 rings (SSSR count). The highest BCUT2D eigenvalue weighted by molar-refractivity contribution is 5.93. The van der Waals surface area contributed by atoms with Crippen LogP contribution >= 0.6 is 0 Å². The molecule has 0 atom stereocenters. The van der Waals surface area contributed by atoms with Gasteiger partial charge >= 0.3 is 6.09 Å². The highest BCUT2D eigenvalue weighted by Gasteiger charge is 2.11. The van der Waals surface area contributed by atoms with Crippen molar-refractivity contribution in [2.24, 2.45) is 0 Å². The van der Waals surface area contributed by atoms with Gasteiger partial charge in [0.1, 0.15) is 0 Å². The van der Waals surface area contributed by atoms with E-state index in [1.807, 2.05) is 42.5 Å². The zero-order chi connectivity index (χ0) is 19.9. The van der Waals surface area contributed by atoms with E-state index in [2.05, 4.69) is 22.2 Å². The SMILES string of the molecule is COC(=O)N(C)c1ccc(NC(=O)Cc2ccc(-c3ccccc3)cc2)cc1. The van der Waals surface area contributed by atoms with E-state index in [0.717, 1.165) is 16.7 Å². The number of hydrogen-bond donors (Lipinski definition) is 1. The van der Waals surface area contributed by atoms with Gasteiger partial charge in [0, 0.05) is 18.4 Å². The summed E-state index contributed by atoms with van der Waals surface area (Å²) in [6.45, 7) is 0. The Morgan fingerprint density at radius 2 is 1.46 bits per heavy atom. The highest BCUT2D eigenvalue weighted by atomic mass is 16.5. The molecule has 0 bridgehead atoms. The lowest BCUT2D eigenvalue weighted by Gasteiger charge is -2.16. The van der Waals surface area contributed by atoms with Gasteiger partial charge < -0.3 is 10.1 Å². The van der Waals surface area contributed by atoms with Gasteiger partial charge in [0.2, 0.25) is 5.91 Å². The van der Waals surface area contributed by atoms with E-state index in [-0.39, 0.29) is 5.91 Å². The molecule has 2 amide bonds. The van der Waals surface area contributed by atoms with Gasteiger partial charge in [0.25, 0.3) is 0 Å². The molecule has 3 aromatic rings. The number of carbonyl (C=O) groups is 2. The van der Waals surface area contributed by atoms with Crippen LogP contribution in [-0.4, -0.2) is 26.2 Å². The summed E-state index contributed by atoms with van der Waals surface area (Å²) in [7, 11) is 2.96. The fraction of sp³-hybridized carbons (Fsp3) is 0.130. The molecule has 0 aliphatic rings. The molecular formula is C23H22N2O3. The second kappa shape index (κ2) is 8.86. The lowest BCUT2D eigenvalue weighted by molar-refractivity contribution is -0.115. The van der Waals surface area contributed by atoms with Crippen molar-refractivity contribution >= 4 is 23.4 Å². The number of ether oxygens (including phenoxy) is 1. The number of amides is 2. The van der Waals surface area contributed by atoms with Crippen LogP contribution < -0.4 is 10.2 Å². The van der Waals surface area contributed by atoms with Crippen molar-refractivity contribution in [1.29, 1.82) is 0 Å². The topological polar surface area (TPSA) is 58.6 Å². The number of benzene rings is 3. The average Bonchev–Trinajstić information content (AvgIpc) is 2.74. The van der Waals surface area contributed by atoms with Gasteiger partial charge in [-0.05, 0) is 41.0 Å². The summed E-state index contributed by atoms with van der Waals surface area (Å²) >= 11 is 0. The number of methoxy groups -OCH3 is 1. The minimum atomic E-state index is -0.448. The molecule has 0 spiro atoms. The van der Waals surface area contributed by atoms with Crippen molar-refractivity contribution in [3.05, 3.63) is 84.4 Å². The summed E-state index contributed by atoms with van der Waals surface area (Å²) in [5.41, 5.74) is 4.57. The molecule has 0 aliphatic heterocycles. The maximum atomic E-state index is 12.3. The van der Waals surface area contributed by atoms with Gasteiger partial charge in [-0.15, -0.1) is 0 Å². The normalized spacial score (nSPS) is 10.2. The first-order valence-corrected chi connectivity index (χ1v) is 8.93. The van der Waals surface area contributed by atoms with Gasteiger partial charge in [-0.1, -0.05) is 54.6 Å². The molecule has 0 radical (unpaired) electrons. The number of rotatable bonds is 5. The molecule has 0 unspecified atom stereocenters. The summed E-state index contributed by atoms with van der Waals surface area (Å²) < 4.78 is 4.68. The highest BCUT2D eigenvalue weighted by Crippen LogP contribution is 2.20. The molecule has 1 N–H and O–H groups in total. The summed E-state index contributed by atoms with van der Waals surface area (Å²) in [6.07, 6.45) is -0.158. The maximum absolute atomic E-state index is 12.3. The molecule has 28 heavy (non-hydrogen) atoms. The lowest BCUT2D eigenvalue weighted by atomic mass is 10.0. The maximum Gasteiger partial charge on any atom is 0.413 e. The first-order valence-electron chi connectivity index (χ1n) is 8.93. The van der Waals surface area contributed by atoms with Crippen LogP contribution in [0.15, 0.2) is 78.9 Å². The smallest absolute Gasteiger partial charge is 0.413 e. The van der Waals surface area contributed by atoms with Gasteiger partial charge in [-0.3, -0.25) is 9.69 Å². The Balaban J connectivity index is 1.59. The molecule has 0 heterocycles. The zero-order valence-electron chi connectivity index (χ0n) is 15.9. The standard InChI is InChI=1S/C23H22N2O3/c1-25(23(27)28-2)21-14-12-20(13-15-21)24-22(26)16-17-8-10-19(11-9-17)18-6-4-3-5-7-18/h3-15H,16H2,1-2H3,(H,24,26). The predicted octanol–water partition coefficient (Wildman–Crippen LogP) is 4.74. The van der Waals surface area contributed by atoms with Gasteiger partial charge in [-0.25, -0.2) is 4.79 Å². The number of anilines is 2. The zero-order valence-corrected chi connectivity index (χ0v) is 15.9. The molecule has 3 aromatic carbocycles. The van der Waals surface area contributed by atoms with Crippen LogP contribution in [0.4, 0.5) is 16.2 Å². The second-order valence-electron chi connectivity index (χ2n) is 6.36. The average molecular weight is 374 g/mol. The number of carbonyl (C=O) groups excluding carboxylic acids is 2. The largest absolute Gasteiger partial charge is 0.452 e. The fourth-order valence-corrected chi connectivity index (χ4v) is 2.85. The van der Waals surface area contributed by atoms with Crippen molar-refractivity contribution in [2.75, 3.05) is 24.4 Å². The monoisotopic (exact) mass is 374 g/mol. The summed E-state index contributed by atoms with van der Waals surface area (Å²) in [5, 5.41) is 2.87. The van der Waals surface area contributed by atoms with Crippen molar-refractivity contribution in [2.45, 2.75) is 6.42 Å². The van der Waals surface area contributed by atoms with E-state index in [0.29, 0.717) is 17.8 Å². The minimum absolute atomic E-state index is 0.0958. The number of nitrogens with one attached hydrogen (secondary N) is 1. The summed E-state index contributed by atoms with van der Waals surface area (Å²) in [5.74, 6) is -0.0958. The van der Waals surface area contributed by atoms with Crippen molar-refractivity contribution in [3.63, 3.8) is 0 Å². The van der Waals surface area contributed by atoms with E-state index in [1.165, 1.54) is 12.0 Å². The van der Waals surface area contributed by atoms with Crippen LogP contribution in [0.2, 0.25) is 0 Å². The first-order chi connectivity index (χ1) is 13.6. The Hall–Kier alpha value is -3.60. The van der Waals surface area contributed by atoms with Crippen LogP contribution in [-0.2, 0) is 16.0 Å². The Kier molecular flexibility index (Phi) is 6.07. The van der Waals surface area contributed by atoms with Crippen molar-refractivity contribution < 1.29 is 14.3 Å². The first kappa shape index (κ1) is 19.2. The van der Waals surface area contributed by atoms with E-state index >= 15 is 0 Å². The Morgan fingerprint density at radius 3 is 2.07 bits per heavy atom. The van der Waals surface area contributed by atoms with Gasteiger partial charge in [-0.2, -0.15) is 0 Å². The molecule has 0 saturated carbocycles. The predicted molar refractivity (Wildman–Crippen MR) is 111 cm³/mol. The molecule has 0 aromatic heterocycles. The molecule has 0 fully saturated rings. The minimum Gasteiger partial charge on any atom is -0.452 e.